The van der Waals surface area contributed by atoms with Crippen LogP contribution in [0.4, 0.5) is 4.79 Å². The highest BCUT2D eigenvalue weighted by Gasteiger charge is 2.62. The summed E-state index contributed by atoms with van der Waals surface area (Å²) in [4.78, 5) is 70.3. The van der Waals surface area contributed by atoms with E-state index in [0.29, 0.717) is 43.2 Å². The molecule has 3 fully saturated rings. The molecule has 4 bridgehead atoms. The average Bonchev–Trinajstić information content (AvgIpc) is 4.03. The summed E-state index contributed by atoms with van der Waals surface area (Å²) in [6.07, 6.45) is 8.48. The second-order valence-corrected chi connectivity index (χ2v) is 16.0. The Morgan fingerprint density at radius 1 is 1.12 bits per heavy atom. The molecule has 51 heavy (non-hydrogen) atoms. The predicted octanol–water partition coefficient (Wildman–Crippen LogP) is 2.36. The van der Waals surface area contributed by atoms with Gasteiger partial charge in [0.2, 0.25) is 21.8 Å². The lowest BCUT2D eigenvalue weighted by Gasteiger charge is -2.31. The number of cyclic esters (lactones) is 1. The third kappa shape index (κ3) is 7.48. The van der Waals surface area contributed by atoms with Crippen LogP contribution in [0, 0.1) is 11.8 Å². The molecule has 2 saturated carbocycles. The lowest BCUT2D eigenvalue weighted by atomic mass is 9.99. The van der Waals surface area contributed by atoms with Crippen LogP contribution in [0.2, 0.25) is 0 Å². The number of fused-ring (bicyclic) bond motifs is 5. The Morgan fingerprint density at radius 2 is 1.84 bits per heavy atom. The number of amides is 4. The fraction of sp³-hybridized carbons (Fsp3) is 0.500. The minimum Gasteiger partial charge on any atom is -0.449 e. The first-order valence-corrected chi connectivity index (χ1v) is 19.0. The Labute approximate surface area is 296 Å². The highest BCUT2D eigenvalue weighted by molar-refractivity contribution is 7.91. The van der Waals surface area contributed by atoms with Crippen LogP contribution < -0.4 is 20.9 Å². The van der Waals surface area contributed by atoms with Gasteiger partial charge in [-0.3, -0.25) is 23.9 Å². The van der Waals surface area contributed by atoms with Crippen LogP contribution >= 0.6 is 0 Å². The third-order valence-corrected chi connectivity index (χ3v) is 11.9. The molecule has 2 aliphatic heterocycles. The molecule has 5 atom stereocenters. The monoisotopic (exact) mass is 720 g/mol. The van der Waals surface area contributed by atoms with Crippen molar-refractivity contribution in [3.8, 4) is 11.1 Å². The Hall–Kier alpha value is -4.79. The quantitative estimate of drug-likeness (QED) is 0.345. The number of alkyl carbamates (subject to hydrolysis) is 1. The zero-order valence-electron chi connectivity index (χ0n) is 28.7. The van der Waals surface area contributed by atoms with E-state index in [1.807, 2.05) is 42.5 Å². The summed E-state index contributed by atoms with van der Waals surface area (Å²) in [5.41, 5.74) is 0.113. The van der Waals surface area contributed by atoms with Gasteiger partial charge in [-0.25, -0.2) is 17.9 Å². The summed E-state index contributed by atoms with van der Waals surface area (Å²) >= 11 is 0. The highest BCUT2D eigenvalue weighted by atomic mass is 32.2. The number of benzene rings is 1. The van der Waals surface area contributed by atoms with Gasteiger partial charge in [-0.05, 0) is 50.0 Å². The fourth-order valence-electron chi connectivity index (χ4n) is 6.92. The van der Waals surface area contributed by atoms with Crippen LogP contribution in [-0.4, -0.2) is 82.9 Å². The highest BCUT2D eigenvalue weighted by Crippen LogP contribution is 2.45. The van der Waals surface area contributed by atoms with Crippen molar-refractivity contribution in [2.24, 2.45) is 11.8 Å². The van der Waals surface area contributed by atoms with E-state index in [0.717, 1.165) is 5.56 Å². The maximum Gasteiger partial charge on any atom is 0.407 e. The van der Waals surface area contributed by atoms with Gasteiger partial charge in [-0.2, -0.15) is 5.10 Å². The summed E-state index contributed by atoms with van der Waals surface area (Å²) < 4.78 is 34.1. The van der Waals surface area contributed by atoms with Gasteiger partial charge in [0.25, 0.3) is 11.5 Å². The second kappa shape index (κ2) is 14.4. The van der Waals surface area contributed by atoms with Gasteiger partial charge < -0.3 is 20.3 Å². The van der Waals surface area contributed by atoms with Crippen molar-refractivity contribution in [3.63, 3.8) is 0 Å². The molecule has 1 aromatic carbocycles. The smallest absolute Gasteiger partial charge is 0.407 e. The molecule has 1 saturated heterocycles. The molecule has 2 unspecified atom stereocenters. The molecule has 4 amide bonds. The number of hydrogen-bond acceptors (Lipinski definition) is 9. The Balaban J connectivity index is 1.37. The van der Waals surface area contributed by atoms with Gasteiger partial charge in [-0.1, -0.05) is 62.4 Å². The second-order valence-electron chi connectivity index (χ2n) is 14.0. The lowest BCUT2D eigenvalue weighted by molar-refractivity contribution is -0.141. The van der Waals surface area contributed by atoms with Crippen molar-refractivity contribution in [2.75, 3.05) is 13.2 Å². The molecule has 0 spiro atoms. The van der Waals surface area contributed by atoms with Crippen molar-refractivity contribution in [1.29, 1.82) is 0 Å². The van der Waals surface area contributed by atoms with Crippen molar-refractivity contribution >= 4 is 33.8 Å². The van der Waals surface area contributed by atoms with E-state index in [4.69, 9.17) is 4.74 Å². The maximum atomic E-state index is 14.3. The minimum absolute atomic E-state index is 0.0272. The fourth-order valence-corrected chi connectivity index (χ4v) is 8.28. The van der Waals surface area contributed by atoms with E-state index in [1.165, 1.54) is 15.7 Å². The van der Waals surface area contributed by atoms with Gasteiger partial charge in [0.1, 0.15) is 17.6 Å². The van der Waals surface area contributed by atoms with Gasteiger partial charge in [0, 0.05) is 30.0 Å². The molecule has 2 aromatic rings. The Morgan fingerprint density at radius 3 is 2.51 bits per heavy atom. The first-order valence-electron chi connectivity index (χ1n) is 17.4. The molecule has 1 aromatic heterocycles. The molecule has 2 aliphatic carbocycles. The number of hydrogen-bond donors (Lipinski definition) is 3. The third-order valence-electron chi connectivity index (χ3n) is 10.1. The number of allylic oxidation sites excluding steroid dienone is 1. The van der Waals surface area contributed by atoms with E-state index in [9.17, 15) is 32.4 Å². The van der Waals surface area contributed by atoms with Crippen LogP contribution in [-0.2, 0) is 35.6 Å². The molecule has 14 nitrogen and oxygen atoms in total. The van der Waals surface area contributed by atoms with Crippen molar-refractivity contribution in [1.82, 2.24) is 30.0 Å². The summed E-state index contributed by atoms with van der Waals surface area (Å²) in [7, 11) is -3.91. The topological polar surface area (TPSA) is 186 Å². The Kier molecular flexibility index (Phi) is 10.2. The zero-order valence-corrected chi connectivity index (χ0v) is 29.6. The first kappa shape index (κ1) is 36.0. The van der Waals surface area contributed by atoms with Crippen LogP contribution in [0.25, 0.3) is 11.1 Å². The Bertz CT molecular complexity index is 1910. The van der Waals surface area contributed by atoms with E-state index in [-0.39, 0.29) is 31.6 Å². The van der Waals surface area contributed by atoms with E-state index in [2.05, 4.69) is 27.0 Å². The number of nitrogens with zero attached hydrogens (tertiary/aromatic N) is 3. The van der Waals surface area contributed by atoms with Crippen LogP contribution in [0.5, 0.6) is 0 Å². The first-order chi connectivity index (χ1) is 24.4. The zero-order chi connectivity index (χ0) is 36.5. The van der Waals surface area contributed by atoms with E-state index in [1.54, 1.807) is 20.0 Å². The minimum atomic E-state index is -3.91. The van der Waals surface area contributed by atoms with Gasteiger partial charge >= 0.3 is 6.09 Å². The molecule has 15 heteroatoms. The number of ether oxygens (including phenoxy) is 1. The summed E-state index contributed by atoms with van der Waals surface area (Å²) in [5, 5.41) is 9.31. The summed E-state index contributed by atoms with van der Waals surface area (Å²) in [5.74, 6) is -3.09. The molecule has 6 rings (SSSR count). The lowest BCUT2D eigenvalue weighted by Crippen LogP contribution is -2.59. The molecule has 4 aliphatic rings. The van der Waals surface area contributed by atoms with Gasteiger partial charge in [0.15, 0.2) is 0 Å². The number of carbonyl (C=O) groups is 4. The molecule has 3 N–H and O–H groups in total. The summed E-state index contributed by atoms with van der Waals surface area (Å²) in [6, 6.07) is 6.42. The summed E-state index contributed by atoms with van der Waals surface area (Å²) in [6.45, 7) is 7.23. The number of aromatic nitrogens is 2. The molecule has 0 radical (unpaired) electrons. The van der Waals surface area contributed by atoms with E-state index >= 15 is 0 Å². The molecule has 3 heterocycles. The standard InChI is InChI=1S/C36H44N6O8S/c1-4-24-19-36(24,34(46)40-51(48,49)26-15-16-26)39-31(43)29-18-25-21-41(29)33(45)30(22(2)3)38-35(47)50-17-11-6-5-10-14-27-28(20-37-42(25)32(27)44)23-12-8-7-9-13-23/h4-9,12-13,20,22,24-26,29-30H,1,10-11,14-19,21H2,2-3H3,(H,38,47)(H,39,43)(H,40,46)/b6-5+/t24-,25?,29+,30+,36?/m1/s1. The number of rotatable bonds is 8. The number of carbonyl (C=O) groups excluding carboxylic acids is 4. The molecular weight excluding hydrogens is 676 g/mol. The van der Waals surface area contributed by atoms with Crippen LogP contribution in [0.3, 0.4) is 0 Å². The van der Waals surface area contributed by atoms with Crippen molar-refractivity contribution in [2.45, 2.75) is 87.7 Å². The largest absolute Gasteiger partial charge is 0.449 e. The average molecular weight is 721 g/mol. The van der Waals surface area contributed by atoms with Crippen LogP contribution in [0.15, 0.2) is 66.1 Å². The number of nitrogens with one attached hydrogen (secondary N) is 3. The molecular formula is C36H44N6O8S. The normalized spacial score (nSPS) is 27.5. The maximum absolute atomic E-state index is 14.3. The van der Waals surface area contributed by atoms with Crippen LogP contribution in [0.1, 0.15) is 64.0 Å². The SMILES string of the molecule is C=C[C@@H]1CC1(NC(=O)[C@@H]1CC2CN1C(=O)[C@H](C(C)C)NC(=O)OCC/C=C/CCc1c(-c3ccccc3)cnn2c1=O)C(=O)NS(=O)(=O)C1CC1. The number of sulfonamides is 1. The van der Waals surface area contributed by atoms with Gasteiger partial charge in [-0.15, -0.1) is 6.58 Å². The molecule has 272 valence electrons. The van der Waals surface area contributed by atoms with Gasteiger partial charge in [0.05, 0.1) is 24.1 Å². The van der Waals surface area contributed by atoms with E-state index < -0.39 is 74.6 Å². The van der Waals surface area contributed by atoms with Crippen molar-refractivity contribution < 1.29 is 32.3 Å². The predicted molar refractivity (Wildman–Crippen MR) is 188 cm³/mol. The van der Waals surface area contributed by atoms with Crippen molar-refractivity contribution in [3.05, 3.63) is 77.3 Å².